The van der Waals surface area contributed by atoms with Crippen LogP contribution in [0.5, 0.6) is 0 Å². The van der Waals surface area contributed by atoms with E-state index in [0.717, 1.165) is 11.6 Å². The molecule has 2 heterocycles. The van der Waals surface area contributed by atoms with E-state index in [1.54, 1.807) is 16.7 Å². The molecule has 1 aliphatic rings. The molecule has 106 valence electrons. The van der Waals surface area contributed by atoms with Crippen LogP contribution in [-0.4, -0.2) is 15.4 Å². The summed E-state index contributed by atoms with van der Waals surface area (Å²) in [6.45, 7) is 2.90. The molecule has 0 saturated heterocycles. The van der Waals surface area contributed by atoms with Gasteiger partial charge >= 0.3 is 0 Å². The highest BCUT2D eigenvalue weighted by molar-refractivity contribution is 5.37. The molecule has 0 amide bonds. The van der Waals surface area contributed by atoms with Crippen LogP contribution in [0.1, 0.15) is 38.3 Å². The van der Waals surface area contributed by atoms with Gasteiger partial charge in [-0.3, -0.25) is 9.20 Å². The molecule has 1 atom stereocenters. The summed E-state index contributed by atoms with van der Waals surface area (Å²) < 4.78 is 1.57. The van der Waals surface area contributed by atoms with Crippen molar-refractivity contribution >= 4 is 5.65 Å². The van der Waals surface area contributed by atoms with E-state index >= 15 is 0 Å². The fourth-order valence-electron chi connectivity index (χ4n) is 3.08. The molecule has 2 aromatic heterocycles. The van der Waals surface area contributed by atoms with E-state index in [2.05, 4.69) is 17.2 Å². The summed E-state index contributed by atoms with van der Waals surface area (Å²) in [5.74, 6) is 0.775. The average Bonchev–Trinajstić information content (AvgIpc) is 2.99. The Hall–Kier alpha value is -1.68. The predicted octanol–water partition coefficient (Wildman–Crippen LogP) is 2.36. The summed E-state index contributed by atoms with van der Waals surface area (Å²) in [5.41, 5.74) is 1.53. The molecule has 4 heteroatoms. The minimum atomic E-state index is -0.0130. The van der Waals surface area contributed by atoms with Gasteiger partial charge in [-0.15, -0.1) is 0 Å². The lowest BCUT2D eigenvalue weighted by Gasteiger charge is -2.20. The van der Waals surface area contributed by atoms with E-state index in [-0.39, 0.29) is 5.56 Å². The van der Waals surface area contributed by atoms with E-state index in [1.165, 1.54) is 25.7 Å². The molecule has 1 fully saturated rings. The van der Waals surface area contributed by atoms with Crippen LogP contribution < -0.4 is 10.9 Å². The fraction of sp³-hybridized carbons (Fsp3) is 0.500. The van der Waals surface area contributed by atoms with Crippen molar-refractivity contribution < 1.29 is 0 Å². The lowest BCUT2D eigenvalue weighted by molar-refractivity contribution is 0.379. The van der Waals surface area contributed by atoms with Crippen molar-refractivity contribution in [2.45, 2.75) is 45.2 Å². The minimum absolute atomic E-state index is 0.0130. The van der Waals surface area contributed by atoms with Crippen molar-refractivity contribution in [2.75, 3.05) is 0 Å². The Balaban J connectivity index is 1.72. The molecule has 2 aromatic rings. The first-order chi connectivity index (χ1) is 9.74. The zero-order valence-electron chi connectivity index (χ0n) is 11.9. The Morgan fingerprint density at radius 3 is 3.00 bits per heavy atom. The predicted molar refractivity (Wildman–Crippen MR) is 79.7 cm³/mol. The van der Waals surface area contributed by atoms with E-state index in [1.807, 2.05) is 18.2 Å². The molecule has 0 aliphatic heterocycles. The first-order valence-electron chi connectivity index (χ1n) is 7.45. The highest BCUT2D eigenvalue weighted by Gasteiger charge is 2.21. The summed E-state index contributed by atoms with van der Waals surface area (Å²) >= 11 is 0. The highest BCUT2D eigenvalue weighted by atomic mass is 16.1. The smallest absolute Gasteiger partial charge is 0.258 e. The van der Waals surface area contributed by atoms with E-state index < -0.39 is 0 Å². The topological polar surface area (TPSA) is 46.4 Å². The first-order valence-corrected chi connectivity index (χ1v) is 7.45. The second kappa shape index (κ2) is 5.75. The first kappa shape index (κ1) is 13.3. The van der Waals surface area contributed by atoms with Crippen molar-refractivity contribution in [1.29, 1.82) is 0 Å². The quantitative estimate of drug-likeness (QED) is 0.928. The zero-order valence-corrected chi connectivity index (χ0v) is 11.9. The van der Waals surface area contributed by atoms with Gasteiger partial charge in [-0.25, -0.2) is 4.98 Å². The molecule has 0 bridgehead atoms. The Morgan fingerprint density at radius 2 is 2.20 bits per heavy atom. The van der Waals surface area contributed by atoms with Crippen molar-refractivity contribution in [3.63, 3.8) is 0 Å². The lowest BCUT2D eigenvalue weighted by atomic mass is 10.00. The van der Waals surface area contributed by atoms with Crippen LogP contribution in [0.4, 0.5) is 0 Å². The number of hydrogen-bond acceptors (Lipinski definition) is 3. The number of hydrogen-bond donors (Lipinski definition) is 1. The van der Waals surface area contributed by atoms with Gasteiger partial charge in [-0.05, 0) is 37.8 Å². The highest BCUT2D eigenvalue weighted by Crippen LogP contribution is 2.27. The van der Waals surface area contributed by atoms with Crippen LogP contribution in [0.25, 0.3) is 5.65 Å². The third-order valence-corrected chi connectivity index (χ3v) is 4.34. The normalized spacial score (nSPS) is 17.6. The van der Waals surface area contributed by atoms with Crippen LogP contribution in [0.15, 0.2) is 35.3 Å². The average molecular weight is 271 g/mol. The van der Waals surface area contributed by atoms with Gasteiger partial charge in [0.05, 0.1) is 5.69 Å². The Kier molecular flexibility index (Phi) is 3.83. The number of pyridine rings is 1. The van der Waals surface area contributed by atoms with Gasteiger partial charge in [0.15, 0.2) is 0 Å². The third-order valence-electron chi connectivity index (χ3n) is 4.34. The molecule has 1 aliphatic carbocycles. The Bertz CT molecular complexity index is 643. The molecule has 3 rings (SSSR count). The van der Waals surface area contributed by atoms with Gasteiger partial charge in [0.25, 0.3) is 5.56 Å². The van der Waals surface area contributed by atoms with Crippen LogP contribution in [-0.2, 0) is 6.54 Å². The Morgan fingerprint density at radius 1 is 1.40 bits per heavy atom. The zero-order chi connectivity index (χ0) is 13.9. The second-order valence-corrected chi connectivity index (χ2v) is 5.73. The van der Waals surface area contributed by atoms with Crippen LogP contribution in [0.3, 0.4) is 0 Å². The third kappa shape index (κ3) is 2.75. The summed E-state index contributed by atoms with van der Waals surface area (Å²) in [6, 6.07) is 7.73. The van der Waals surface area contributed by atoms with Gasteiger partial charge in [0.1, 0.15) is 5.65 Å². The standard InChI is InChI=1S/C16H21N3O/c1-12(13-6-2-3-7-13)17-11-14-10-16(20)19-9-5-4-8-15(19)18-14/h4-5,8-10,12-13,17H,2-3,6-7,11H2,1H3/t12-/m0/s1. The van der Waals surface area contributed by atoms with E-state index in [4.69, 9.17) is 0 Å². The molecule has 0 aromatic carbocycles. The molecular formula is C16H21N3O. The summed E-state index contributed by atoms with van der Waals surface area (Å²) in [7, 11) is 0. The van der Waals surface area contributed by atoms with Crippen molar-refractivity contribution in [1.82, 2.24) is 14.7 Å². The number of nitrogens with zero attached hydrogens (tertiary/aromatic N) is 2. The van der Waals surface area contributed by atoms with Crippen molar-refractivity contribution in [3.8, 4) is 0 Å². The molecule has 1 saturated carbocycles. The van der Waals surface area contributed by atoms with Gasteiger partial charge in [-0.1, -0.05) is 18.9 Å². The number of aromatic nitrogens is 2. The van der Waals surface area contributed by atoms with Crippen LogP contribution >= 0.6 is 0 Å². The largest absolute Gasteiger partial charge is 0.308 e. The number of rotatable bonds is 4. The number of fused-ring (bicyclic) bond motifs is 1. The number of nitrogens with one attached hydrogen (secondary N) is 1. The van der Waals surface area contributed by atoms with Crippen molar-refractivity contribution in [2.24, 2.45) is 5.92 Å². The molecule has 20 heavy (non-hydrogen) atoms. The van der Waals surface area contributed by atoms with Crippen LogP contribution in [0, 0.1) is 5.92 Å². The van der Waals surface area contributed by atoms with E-state index in [0.29, 0.717) is 18.2 Å². The maximum atomic E-state index is 12.0. The molecule has 4 nitrogen and oxygen atoms in total. The maximum absolute atomic E-state index is 12.0. The van der Waals surface area contributed by atoms with E-state index in [9.17, 15) is 4.79 Å². The molecule has 0 spiro atoms. The SMILES string of the molecule is C[C@H](NCc1cc(=O)n2ccccc2n1)C1CCCC1. The molecule has 0 unspecified atom stereocenters. The van der Waals surface area contributed by atoms with Gasteiger partial charge in [-0.2, -0.15) is 0 Å². The summed E-state index contributed by atoms with van der Waals surface area (Å²) in [5, 5.41) is 3.52. The minimum Gasteiger partial charge on any atom is -0.308 e. The summed E-state index contributed by atoms with van der Waals surface area (Å²) in [6.07, 6.45) is 7.10. The molecule has 0 radical (unpaired) electrons. The second-order valence-electron chi connectivity index (χ2n) is 5.73. The van der Waals surface area contributed by atoms with Crippen LogP contribution in [0.2, 0.25) is 0 Å². The monoisotopic (exact) mass is 271 g/mol. The molecular weight excluding hydrogens is 250 g/mol. The maximum Gasteiger partial charge on any atom is 0.258 e. The lowest BCUT2D eigenvalue weighted by Crippen LogP contribution is -2.32. The van der Waals surface area contributed by atoms with Gasteiger partial charge < -0.3 is 5.32 Å². The fourth-order valence-corrected chi connectivity index (χ4v) is 3.08. The van der Waals surface area contributed by atoms with Gasteiger partial charge in [0, 0.05) is 24.8 Å². The molecule has 1 N–H and O–H groups in total. The summed E-state index contributed by atoms with van der Waals surface area (Å²) in [4.78, 5) is 16.5. The van der Waals surface area contributed by atoms with Crippen molar-refractivity contribution in [3.05, 3.63) is 46.5 Å². The Labute approximate surface area is 118 Å². The van der Waals surface area contributed by atoms with Gasteiger partial charge in [0.2, 0.25) is 0 Å².